The molecule has 2 heteroatoms. The van der Waals surface area contributed by atoms with Crippen LogP contribution in [0.15, 0.2) is 24.3 Å². The fourth-order valence-electron chi connectivity index (χ4n) is 2.29. The minimum atomic E-state index is 0.231. The van der Waals surface area contributed by atoms with Crippen molar-refractivity contribution in [2.24, 2.45) is 5.92 Å². The van der Waals surface area contributed by atoms with Crippen LogP contribution in [-0.2, 0) is 11.2 Å². The molecule has 2 nitrogen and oxygen atoms in total. The number of carbonyl (C=O) groups excluding carboxylic acids is 1. The molecule has 0 amide bonds. The maximum Gasteiger partial charge on any atom is 0.141 e. The van der Waals surface area contributed by atoms with Crippen LogP contribution in [0.25, 0.3) is 0 Å². The Morgan fingerprint density at radius 2 is 2.38 bits per heavy atom. The minimum Gasteiger partial charge on any atom is -0.316 e. The maximum atomic E-state index is 12.0. The van der Waals surface area contributed by atoms with Gasteiger partial charge in [0.05, 0.1) is 0 Å². The molecular formula is C14H19NO. The molecule has 1 saturated heterocycles. The summed E-state index contributed by atoms with van der Waals surface area (Å²) in [7, 11) is 0. The van der Waals surface area contributed by atoms with E-state index >= 15 is 0 Å². The van der Waals surface area contributed by atoms with E-state index in [4.69, 9.17) is 0 Å². The van der Waals surface area contributed by atoms with Crippen LogP contribution in [0.5, 0.6) is 0 Å². The van der Waals surface area contributed by atoms with E-state index in [-0.39, 0.29) is 5.92 Å². The average molecular weight is 217 g/mol. The molecule has 1 aromatic rings. The van der Waals surface area contributed by atoms with Gasteiger partial charge in [-0.05, 0) is 31.9 Å². The normalized spacial score (nSPS) is 20.7. The Bertz CT molecular complexity index is 367. The van der Waals surface area contributed by atoms with Crippen LogP contribution in [-0.4, -0.2) is 18.9 Å². The molecule has 1 aliphatic heterocycles. The molecule has 0 spiro atoms. The lowest BCUT2D eigenvalue weighted by Crippen LogP contribution is -2.35. The maximum absolute atomic E-state index is 12.0. The number of Topliss-reactive ketones (excluding diaryl/α,β-unsaturated/α-hetero) is 1. The van der Waals surface area contributed by atoms with Crippen molar-refractivity contribution in [3.8, 4) is 0 Å². The van der Waals surface area contributed by atoms with E-state index in [1.54, 1.807) is 0 Å². The lowest BCUT2D eigenvalue weighted by atomic mass is 9.91. The SMILES string of the molecule is Cc1cccc(CC(=O)C2CCCNC2)c1. The van der Waals surface area contributed by atoms with Crippen LogP contribution < -0.4 is 5.32 Å². The Hall–Kier alpha value is -1.15. The lowest BCUT2D eigenvalue weighted by Gasteiger charge is -2.21. The molecule has 1 aromatic carbocycles. The highest BCUT2D eigenvalue weighted by Gasteiger charge is 2.20. The number of nitrogens with one attached hydrogen (secondary N) is 1. The van der Waals surface area contributed by atoms with Gasteiger partial charge in [-0.15, -0.1) is 0 Å². The van der Waals surface area contributed by atoms with Crippen molar-refractivity contribution in [2.75, 3.05) is 13.1 Å². The first-order valence-electron chi connectivity index (χ1n) is 6.04. The molecule has 16 heavy (non-hydrogen) atoms. The fourth-order valence-corrected chi connectivity index (χ4v) is 2.29. The second-order valence-corrected chi connectivity index (χ2v) is 4.68. The van der Waals surface area contributed by atoms with Crippen molar-refractivity contribution in [1.29, 1.82) is 0 Å². The van der Waals surface area contributed by atoms with Gasteiger partial charge in [-0.2, -0.15) is 0 Å². The molecule has 0 aliphatic carbocycles. The van der Waals surface area contributed by atoms with Crippen molar-refractivity contribution in [3.63, 3.8) is 0 Å². The number of hydrogen-bond donors (Lipinski definition) is 1. The summed E-state index contributed by atoms with van der Waals surface area (Å²) in [5, 5.41) is 3.29. The van der Waals surface area contributed by atoms with Gasteiger partial charge in [0.1, 0.15) is 5.78 Å². The van der Waals surface area contributed by atoms with E-state index in [0.29, 0.717) is 12.2 Å². The molecular weight excluding hydrogens is 198 g/mol. The molecule has 1 unspecified atom stereocenters. The largest absolute Gasteiger partial charge is 0.316 e. The zero-order valence-corrected chi connectivity index (χ0v) is 9.83. The van der Waals surface area contributed by atoms with E-state index in [2.05, 4.69) is 24.4 Å². The van der Waals surface area contributed by atoms with Crippen molar-refractivity contribution in [1.82, 2.24) is 5.32 Å². The van der Waals surface area contributed by atoms with Crippen molar-refractivity contribution in [2.45, 2.75) is 26.2 Å². The Morgan fingerprint density at radius 1 is 1.50 bits per heavy atom. The summed E-state index contributed by atoms with van der Waals surface area (Å²) >= 11 is 0. The summed E-state index contributed by atoms with van der Waals surface area (Å²) in [4.78, 5) is 12.0. The number of ketones is 1. The van der Waals surface area contributed by atoms with Gasteiger partial charge < -0.3 is 5.32 Å². The first kappa shape index (κ1) is 11.3. The van der Waals surface area contributed by atoms with Gasteiger partial charge in [-0.3, -0.25) is 4.79 Å². The quantitative estimate of drug-likeness (QED) is 0.840. The zero-order chi connectivity index (χ0) is 11.4. The minimum absolute atomic E-state index is 0.231. The third-order valence-electron chi connectivity index (χ3n) is 3.21. The van der Waals surface area contributed by atoms with E-state index in [0.717, 1.165) is 31.5 Å². The molecule has 1 N–H and O–H groups in total. The monoisotopic (exact) mass is 217 g/mol. The molecule has 0 aromatic heterocycles. The second kappa shape index (κ2) is 5.26. The number of aryl methyl sites for hydroxylation is 1. The van der Waals surface area contributed by atoms with Gasteiger partial charge in [0.15, 0.2) is 0 Å². The third-order valence-corrected chi connectivity index (χ3v) is 3.21. The summed E-state index contributed by atoms with van der Waals surface area (Å²) < 4.78 is 0. The number of rotatable bonds is 3. The number of piperidine rings is 1. The van der Waals surface area contributed by atoms with Crippen molar-refractivity contribution in [3.05, 3.63) is 35.4 Å². The van der Waals surface area contributed by atoms with Crippen molar-refractivity contribution < 1.29 is 4.79 Å². The lowest BCUT2D eigenvalue weighted by molar-refractivity contribution is -0.122. The number of carbonyl (C=O) groups is 1. The van der Waals surface area contributed by atoms with Gasteiger partial charge in [0, 0.05) is 18.9 Å². The Kier molecular flexibility index (Phi) is 3.73. The van der Waals surface area contributed by atoms with Crippen LogP contribution in [0, 0.1) is 12.8 Å². The van der Waals surface area contributed by atoms with Crippen molar-refractivity contribution >= 4 is 5.78 Å². The molecule has 0 radical (unpaired) electrons. The Balaban J connectivity index is 1.96. The number of benzene rings is 1. The third kappa shape index (κ3) is 2.92. The molecule has 0 bridgehead atoms. The number of hydrogen-bond acceptors (Lipinski definition) is 2. The second-order valence-electron chi connectivity index (χ2n) is 4.68. The van der Waals surface area contributed by atoms with Crippen LogP contribution in [0.1, 0.15) is 24.0 Å². The highest BCUT2D eigenvalue weighted by atomic mass is 16.1. The van der Waals surface area contributed by atoms with Crippen LogP contribution in [0.2, 0.25) is 0 Å². The van der Waals surface area contributed by atoms with Gasteiger partial charge in [-0.25, -0.2) is 0 Å². The zero-order valence-electron chi connectivity index (χ0n) is 9.83. The molecule has 1 heterocycles. The summed E-state index contributed by atoms with van der Waals surface area (Å²) in [6.45, 7) is 4.00. The molecule has 1 atom stereocenters. The summed E-state index contributed by atoms with van der Waals surface area (Å²) in [5.74, 6) is 0.618. The predicted octanol–water partition coefficient (Wildman–Crippen LogP) is 2.11. The first-order valence-corrected chi connectivity index (χ1v) is 6.04. The summed E-state index contributed by atoms with van der Waals surface area (Å²) in [6.07, 6.45) is 2.77. The summed E-state index contributed by atoms with van der Waals surface area (Å²) in [6, 6.07) is 8.24. The van der Waals surface area contributed by atoms with Gasteiger partial charge in [0.2, 0.25) is 0 Å². The molecule has 86 valence electrons. The predicted molar refractivity (Wildman–Crippen MR) is 65.5 cm³/mol. The van der Waals surface area contributed by atoms with E-state index in [1.165, 1.54) is 5.56 Å². The Morgan fingerprint density at radius 3 is 3.06 bits per heavy atom. The highest BCUT2D eigenvalue weighted by molar-refractivity contribution is 5.83. The Labute approximate surface area is 97.1 Å². The van der Waals surface area contributed by atoms with Gasteiger partial charge >= 0.3 is 0 Å². The fraction of sp³-hybridized carbons (Fsp3) is 0.500. The molecule has 1 fully saturated rings. The molecule has 0 saturated carbocycles. The van der Waals surface area contributed by atoms with Crippen LogP contribution in [0.4, 0.5) is 0 Å². The van der Waals surface area contributed by atoms with E-state index < -0.39 is 0 Å². The van der Waals surface area contributed by atoms with E-state index in [9.17, 15) is 4.79 Å². The van der Waals surface area contributed by atoms with Crippen LogP contribution in [0.3, 0.4) is 0 Å². The first-order chi connectivity index (χ1) is 7.75. The topological polar surface area (TPSA) is 29.1 Å². The highest BCUT2D eigenvalue weighted by Crippen LogP contribution is 2.14. The summed E-state index contributed by atoms with van der Waals surface area (Å²) in [5.41, 5.74) is 2.38. The van der Waals surface area contributed by atoms with Gasteiger partial charge in [-0.1, -0.05) is 29.8 Å². The van der Waals surface area contributed by atoms with Gasteiger partial charge in [0.25, 0.3) is 0 Å². The smallest absolute Gasteiger partial charge is 0.141 e. The molecule has 1 aliphatic rings. The van der Waals surface area contributed by atoms with Crippen LogP contribution >= 0.6 is 0 Å². The standard InChI is InChI=1S/C14H19NO/c1-11-4-2-5-12(8-11)9-14(16)13-6-3-7-15-10-13/h2,4-5,8,13,15H,3,6-7,9-10H2,1H3. The average Bonchev–Trinajstić information content (AvgIpc) is 2.30. The van der Waals surface area contributed by atoms with E-state index in [1.807, 2.05) is 12.1 Å². The molecule has 2 rings (SSSR count).